The highest BCUT2D eigenvalue weighted by Crippen LogP contribution is 2.30. The molecule has 0 aromatic carbocycles. The van der Waals surface area contributed by atoms with Crippen molar-refractivity contribution in [1.82, 2.24) is 20.1 Å². The van der Waals surface area contributed by atoms with Crippen molar-refractivity contribution in [3.05, 3.63) is 22.9 Å². The lowest BCUT2D eigenvalue weighted by Crippen LogP contribution is -2.42. The Hall–Kier alpha value is -2.31. The van der Waals surface area contributed by atoms with Crippen LogP contribution in [-0.2, 0) is 12.8 Å². The number of carbonyl (C=O) groups excluding carboxylic acids is 2. The first kappa shape index (κ1) is 20.4. The lowest BCUT2D eigenvalue weighted by molar-refractivity contribution is 0.0828. The van der Waals surface area contributed by atoms with Crippen LogP contribution in [0.15, 0.2) is 6.07 Å². The predicted octanol–water partition coefficient (Wildman–Crippen LogP) is 2.37. The van der Waals surface area contributed by atoms with Crippen molar-refractivity contribution in [3.8, 4) is 0 Å². The molecule has 0 bridgehead atoms. The molecule has 0 saturated heterocycles. The molecule has 0 radical (unpaired) electrons. The van der Waals surface area contributed by atoms with Crippen molar-refractivity contribution in [3.63, 3.8) is 0 Å². The fourth-order valence-electron chi connectivity index (χ4n) is 3.34. The van der Waals surface area contributed by atoms with Crippen LogP contribution in [0.1, 0.15) is 48.3 Å². The maximum absolute atomic E-state index is 12.7. The maximum atomic E-state index is 12.7. The van der Waals surface area contributed by atoms with E-state index in [1.165, 1.54) is 12.8 Å². The van der Waals surface area contributed by atoms with Crippen LogP contribution in [0.2, 0.25) is 0 Å². The van der Waals surface area contributed by atoms with Gasteiger partial charge in [-0.3, -0.25) is 4.79 Å². The highest BCUT2D eigenvalue weighted by molar-refractivity contribution is 5.98. The number of nitrogens with one attached hydrogen (secondary N) is 2. The molecule has 1 aliphatic carbocycles. The van der Waals surface area contributed by atoms with Crippen molar-refractivity contribution < 1.29 is 9.59 Å². The maximum Gasteiger partial charge on any atom is 0.317 e. The molecule has 1 aromatic rings. The van der Waals surface area contributed by atoms with Gasteiger partial charge < -0.3 is 20.4 Å². The minimum atomic E-state index is -0.0376. The highest BCUT2D eigenvalue weighted by Gasteiger charge is 2.25. The highest BCUT2D eigenvalue weighted by atomic mass is 16.2. The minimum Gasteiger partial charge on any atom is -0.369 e. The normalized spacial score (nSPS) is 16.4. The molecule has 2 N–H and O–H groups in total. The average Bonchev–Trinajstić information content (AvgIpc) is 3.49. The third kappa shape index (κ3) is 5.14. The number of rotatable bonds is 6. The van der Waals surface area contributed by atoms with Gasteiger partial charge in [-0.05, 0) is 42.7 Å². The van der Waals surface area contributed by atoms with E-state index in [4.69, 9.17) is 4.98 Å². The summed E-state index contributed by atoms with van der Waals surface area (Å²) in [6.45, 7) is 7.00. The van der Waals surface area contributed by atoms with Crippen LogP contribution < -0.4 is 10.6 Å². The molecule has 7 heteroatoms. The van der Waals surface area contributed by atoms with Crippen molar-refractivity contribution in [2.24, 2.45) is 11.8 Å². The first-order valence-corrected chi connectivity index (χ1v) is 10.4. The van der Waals surface area contributed by atoms with E-state index in [9.17, 15) is 9.59 Å². The summed E-state index contributed by atoms with van der Waals surface area (Å²) in [7, 11) is 3.53. The van der Waals surface area contributed by atoms with Gasteiger partial charge in [0.05, 0.1) is 5.56 Å². The minimum absolute atomic E-state index is 0.0156. The Morgan fingerprint density at radius 1 is 1.25 bits per heavy atom. The Labute approximate surface area is 167 Å². The van der Waals surface area contributed by atoms with Gasteiger partial charge >= 0.3 is 6.03 Å². The summed E-state index contributed by atoms with van der Waals surface area (Å²) in [5.41, 5.74) is 2.69. The van der Waals surface area contributed by atoms with Gasteiger partial charge in [0, 0.05) is 52.4 Å². The van der Waals surface area contributed by atoms with E-state index < -0.39 is 0 Å². The van der Waals surface area contributed by atoms with Gasteiger partial charge in [-0.1, -0.05) is 13.8 Å². The largest absolute Gasteiger partial charge is 0.369 e. The predicted molar refractivity (Wildman–Crippen MR) is 111 cm³/mol. The molecule has 154 valence electrons. The van der Waals surface area contributed by atoms with E-state index in [2.05, 4.69) is 24.5 Å². The molecule has 28 heavy (non-hydrogen) atoms. The Kier molecular flexibility index (Phi) is 6.42. The van der Waals surface area contributed by atoms with E-state index in [0.29, 0.717) is 55.7 Å². The summed E-state index contributed by atoms with van der Waals surface area (Å²) in [4.78, 5) is 33.4. The number of carbonyl (C=O) groups is 2. The molecule has 1 saturated carbocycles. The molecule has 3 rings (SSSR count). The SMILES string of the molecule is CC(C)CNC(=O)N1CCc2cc(C(=O)N(C)C)c(NCC3CC3)nc2CC1. The van der Waals surface area contributed by atoms with Crippen LogP contribution in [-0.4, -0.2) is 67.0 Å². The number of pyridine rings is 1. The first-order chi connectivity index (χ1) is 13.3. The van der Waals surface area contributed by atoms with Crippen LogP contribution in [0.4, 0.5) is 10.6 Å². The topological polar surface area (TPSA) is 77.6 Å². The van der Waals surface area contributed by atoms with E-state index in [-0.39, 0.29) is 11.9 Å². The zero-order chi connectivity index (χ0) is 20.3. The molecular formula is C21H33N5O2. The fourth-order valence-corrected chi connectivity index (χ4v) is 3.34. The van der Waals surface area contributed by atoms with Crippen molar-refractivity contribution >= 4 is 17.8 Å². The Morgan fingerprint density at radius 3 is 2.61 bits per heavy atom. The van der Waals surface area contributed by atoms with Gasteiger partial charge in [0.1, 0.15) is 5.82 Å². The second-order valence-electron chi connectivity index (χ2n) is 8.58. The third-order valence-corrected chi connectivity index (χ3v) is 5.30. The van der Waals surface area contributed by atoms with E-state index in [0.717, 1.165) is 17.8 Å². The number of hydrogen-bond acceptors (Lipinski definition) is 4. The fraction of sp³-hybridized carbons (Fsp3) is 0.667. The third-order valence-electron chi connectivity index (χ3n) is 5.30. The van der Waals surface area contributed by atoms with Crippen molar-refractivity contribution in [2.45, 2.75) is 39.5 Å². The van der Waals surface area contributed by atoms with E-state index in [1.54, 1.807) is 19.0 Å². The van der Waals surface area contributed by atoms with Gasteiger partial charge in [-0.2, -0.15) is 0 Å². The van der Waals surface area contributed by atoms with E-state index in [1.807, 2.05) is 11.0 Å². The zero-order valence-electron chi connectivity index (χ0n) is 17.5. The summed E-state index contributed by atoms with van der Waals surface area (Å²) < 4.78 is 0. The molecular weight excluding hydrogens is 354 g/mol. The lowest BCUT2D eigenvalue weighted by Gasteiger charge is -2.21. The van der Waals surface area contributed by atoms with Crippen molar-refractivity contribution in [2.75, 3.05) is 45.6 Å². The molecule has 3 amide bonds. The second-order valence-corrected chi connectivity index (χ2v) is 8.58. The van der Waals surface area contributed by atoms with Gasteiger partial charge in [0.15, 0.2) is 0 Å². The summed E-state index contributed by atoms with van der Waals surface area (Å²) in [5, 5.41) is 6.39. The Bertz CT molecular complexity index is 728. The van der Waals surface area contributed by atoms with Crippen LogP contribution in [0.3, 0.4) is 0 Å². The molecule has 7 nitrogen and oxygen atoms in total. The number of anilines is 1. The van der Waals surface area contributed by atoms with Crippen molar-refractivity contribution in [1.29, 1.82) is 0 Å². The van der Waals surface area contributed by atoms with Crippen LogP contribution in [0.25, 0.3) is 0 Å². The molecule has 1 aromatic heterocycles. The van der Waals surface area contributed by atoms with E-state index >= 15 is 0 Å². The van der Waals surface area contributed by atoms with Gasteiger partial charge in [-0.25, -0.2) is 9.78 Å². The molecule has 0 spiro atoms. The first-order valence-electron chi connectivity index (χ1n) is 10.4. The quantitative estimate of drug-likeness (QED) is 0.786. The zero-order valence-corrected chi connectivity index (χ0v) is 17.5. The number of aromatic nitrogens is 1. The second kappa shape index (κ2) is 8.80. The summed E-state index contributed by atoms with van der Waals surface area (Å²) in [6.07, 6.45) is 3.91. The average molecular weight is 388 g/mol. The number of fused-ring (bicyclic) bond motifs is 1. The molecule has 1 fully saturated rings. The summed E-state index contributed by atoms with van der Waals surface area (Å²) in [6, 6.07) is 1.97. The Balaban J connectivity index is 1.76. The summed E-state index contributed by atoms with van der Waals surface area (Å²) in [5.74, 6) is 1.77. The monoisotopic (exact) mass is 387 g/mol. The molecule has 2 heterocycles. The molecule has 0 unspecified atom stereocenters. The number of hydrogen-bond donors (Lipinski definition) is 2. The standard InChI is InChI=1S/C21H33N5O2/c1-14(2)12-23-21(28)26-9-7-16-11-17(20(27)25(3)4)19(22-13-15-5-6-15)24-18(16)8-10-26/h11,14-15H,5-10,12-13H2,1-4H3,(H,22,24)(H,23,28). The van der Waals surface area contributed by atoms with Gasteiger partial charge in [0.2, 0.25) is 0 Å². The van der Waals surface area contributed by atoms with Gasteiger partial charge in [0.25, 0.3) is 5.91 Å². The van der Waals surface area contributed by atoms with Gasteiger partial charge in [-0.15, -0.1) is 0 Å². The Morgan fingerprint density at radius 2 is 1.96 bits per heavy atom. The smallest absolute Gasteiger partial charge is 0.317 e. The number of amides is 3. The number of nitrogens with zero attached hydrogens (tertiary/aromatic N) is 3. The molecule has 2 aliphatic rings. The molecule has 1 aliphatic heterocycles. The molecule has 0 atom stereocenters. The lowest BCUT2D eigenvalue weighted by atomic mass is 10.0. The number of urea groups is 1. The van der Waals surface area contributed by atoms with Crippen LogP contribution in [0, 0.1) is 11.8 Å². The summed E-state index contributed by atoms with van der Waals surface area (Å²) >= 11 is 0. The van der Waals surface area contributed by atoms with Crippen LogP contribution >= 0.6 is 0 Å². The van der Waals surface area contributed by atoms with Crippen LogP contribution in [0.5, 0.6) is 0 Å².